The fourth-order valence-electron chi connectivity index (χ4n) is 2.49. The van der Waals surface area contributed by atoms with Crippen molar-refractivity contribution in [1.29, 1.82) is 0 Å². The lowest BCUT2D eigenvalue weighted by Gasteiger charge is -2.17. The van der Waals surface area contributed by atoms with Crippen molar-refractivity contribution in [3.05, 3.63) is 30.1 Å². The molecule has 1 N–H and O–H groups in total. The Balaban J connectivity index is 1.72. The van der Waals surface area contributed by atoms with E-state index in [-0.39, 0.29) is 5.91 Å². The number of aromatic amines is 1. The topological polar surface area (TPSA) is 84.2 Å². The highest BCUT2D eigenvalue weighted by molar-refractivity contribution is 6.30. The molecule has 2 heterocycles. The van der Waals surface area contributed by atoms with E-state index in [0.717, 1.165) is 22.3 Å². The molecular formula is C17H19ClN4O3. The molecule has 0 saturated carbocycles. The van der Waals surface area contributed by atoms with Crippen LogP contribution in [-0.2, 0) is 11.2 Å². The molecule has 8 heteroatoms. The Morgan fingerprint density at radius 2 is 2.24 bits per heavy atom. The van der Waals surface area contributed by atoms with E-state index in [2.05, 4.69) is 15.1 Å². The molecule has 1 atom stereocenters. The SMILES string of the molecule is COc1ccc2cc(-c3nc(CCN(C)C(=O)C(C)Cl)no3)[nH]c2c1. The smallest absolute Gasteiger partial charge is 0.274 e. The Hall–Kier alpha value is -2.54. The van der Waals surface area contributed by atoms with Crippen LogP contribution >= 0.6 is 11.6 Å². The summed E-state index contributed by atoms with van der Waals surface area (Å²) in [6, 6.07) is 7.70. The molecule has 25 heavy (non-hydrogen) atoms. The highest BCUT2D eigenvalue weighted by Crippen LogP contribution is 2.26. The summed E-state index contributed by atoms with van der Waals surface area (Å²) in [5.74, 6) is 1.58. The van der Waals surface area contributed by atoms with Gasteiger partial charge in [-0.25, -0.2) is 0 Å². The van der Waals surface area contributed by atoms with E-state index >= 15 is 0 Å². The third-order valence-electron chi connectivity index (χ3n) is 3.92. The quantitative estimate of drug-likeness (QED) is 0.681. The predicted molar refractivity (Wildman–Crippen MR) is 94.8 cm³/mol. The van der Waals surface area contributed by atoms with Crippen LogP contribution in [0.2, 0.25) is 0 Å². The zero-order chi connectivity index (χ0) is 18.0. The number of carbonyl (C=O) groups excluding carboxylic acids is 1. The van der Waals surface area contributed by atoms with Crippen molar-refractivity contribution in [2.45, 2.75) is 18.7 Å². The molecule has 132 valence electrons. The van der Waals surface area contributed by atoms with Crippen molar-refractivity contribution in [3.8, 4) is 17.3 Å². The predicted octanol–water partition coefficient (Wildman–Crippen LogP) is 2.85. The minimum atomic E-state index is -0.547. The van der Waals surface area contributed by atoms with Crippen LogP contribution in [0.5, 0.6) is 5.75 Å². The molecule has 1 unspecified atom stereocenters. The molecule has 0 aliphatic rings. The van der Waals surface area contributed by atoms with Gasteiger partial charge in [-0.15, -0.1) is 11.6 Å². The molecule has 3 aromatic rings. The van der Waals surface area contributed by atoms with Crippen molar-refractivity contribution >= 4 is 28.4 Å². The van der Waals surface area contributed by atoms with Crippen LogP contribution in [0.25, 0.3) is 22.5 Å². The first-order chi connectivity index (χ1) is 12.0. The van der Waals surface area contributed by atoms with E-state index in [1.165, 1.54) is 0 Å². The van der Waals surface area contributed by atoms with Crippen LogP contribution in [-0.4, -0.2) is 52.0 Å². The summed E-state index contributed by atoms with van der Waals surface area (Å²) in [6.45, 7) is 2.12. The summed E-state index contributed by atoms with van der Waals surface area (Å²) < 4.78 is 10.5. The normalized spacial score (nSPS) is 12.3. The fraction of sp³-hybridized carbons (Fsp3) is 0.353. The molecule has 0 spiro atoms. The zero-order valence-electron chi connectivity index (χ0n) is 14.2. The number of nitrogens with one attached hydrogen (secondary N) is 1. The first-order valence-corrected chi connectivity index (χ1v) is 8.30. The Morgan fingerprint density at radius 3 is 2.96 bits per heavy atom. The summed E-state index contributed by atoms with van der Waals surface area (Å²) in [7, 11) is 3.33. The molecule has 1 amide bonds. The number of hydrogen-bond acceptors (Lipinski definition) is 5. The number of fused-ring (bicyclic) bond motifs is 1. The van der Waals surface area contributed by atoms with E-state index in [9.17, 15) is 4.79 Å². The number of methoxy groups -OCH3 is 1. The van der Waals surface area contributed by atoms with Gasteiger partial charge in [-0.3, -0.25) is 4.79 Å². The number of likely N-dealkylation sites (N-methyl/N-ethyl adjacent to an activating group) is 1. The lowest BCUT2D eigenvalue weighted by Crippen LogP contribution is -2.33. The van der Waals surface area contributed by atoms with Gasteiger partial charge in [-0.2, -0.15) is 4.98 Å². The number of H-pyrrole nitrogens is 1. The van der Waals surface area contributed by atoms with Crippen LogP contribution in [0.4, 0.5) is 0 Å². The molecule has 0 saturated heterocycles. The van der Waals surface area contributed by atoms with E-state index in [4.69, 9.17) is 20.9 Å². The Bertz CT molecular complexity index is 887. The molecule has 0 bridgehead atoms. The van der Waals surface area contributed by atoms with Crippen LogP contribution in [0.3, 0.4) is 0 Å². The number of alkyl halides is 1. The average molecular weight is 363 g/mol. The van der Waals surface area contributed by atoms with Gasteiger partial charge in [-0.05, 0) is 25.1 Å². The maximum absolute atomic E-state index is 11.8. The number of aromatic nitrogens is 3. The fourth-order valence-corrected chi connectivity index (χ4v) is 2.66. The summed E-state index contributed by atoms with van der Waals surface area (Å²) in [5, 5.41) is 4.45. The van der Waals surface area contributed by atoms with Crippen molar-refractivity contribution in [2.24, 2.45) is 0 Å². The van der Waals surface area contributed by atoms with Gasteiger partial charge in [0.05, 0.1) is 7.11 Å². The first-order valence-electron chi connectivity index (χ1n) is 7.86. The number of amides is 1. The third-order valence-corrected chi connectivity index (χ3v) is 4.10. The minimum absolute atomic E-state index is 0.130. The molecule has 0 aliphatic heterocycles. The van der Waals surface area contributed by atoms with Crippen molar-refractivity contribution in [1.82, 2.24) is 20.0 Å². The average Bonchev–Trinajstić information content (AvgIpc) is 3.24. The van der Waals surface area contributed by atoms with Crippen molar-refractivity contribution in [3.63, 3.8) is 0 Å². The molecule has 1 aromatic carbocycles. The van der Waals surface area contributed by atoms with Crippen LogP contribution in [0.15, 0.2) is 28.8 Å². The van der Waals surface area contributed by atoms with Gasteiger partial charge in [0, 0.05) is 37.0 Å². The van der Waals surface area contributed by atoms with E-state index < -0.39 is 5.38 Å². The van der Waals surface area contributed by atoms with Gasteiger partial charge < -0.3 is 19.1 Å². The Labute approximate surface area is 149 Å². The highest BCUT2D eigenvalue weighted by atomic mass is 35.5. The number of nitrogens with zero attached hydrogens (tertiary/aromatic N) is 3. The number of halogens is 1. The molecule has 3 rings (SSSR count). The van der Waals surface area contributed by atoms with Crippen molar-refractivity contribution < 1.29 is 14.1 Å². The maximum atomic E-state index is 11.8. The van der Waals surface area contributed by atoms with E-state index in [1.807, 2.05) is 24.3 Å². The number of benzene rings is 1. The van der Waals surface area contributed by atoms with Gasteiger partial charge in [0.1, 0.15) is 16.8 Å². The van der Waals surface area contributed by atoms with Gasteiger partial charge >= 0.3 is 0 Å². The molecule has 0 radical (unpaired) electrons. The lowest BCUT2D eigenvalue weighted by molar-refractivity contribution is -0.129. The van der Waals surface area contributed by atoms with Crippen LogP contribution < -0.4 is 4.74 Å². The van der Waals surface area contributed by atoms with Gasteiger partial charge in [0.15, 0.2) is 5.82 Å². The number of ether oxygens (including phenoxy) is 1. The first kappa shape index (κ1) is 17.3. The standard InChI is InChI=1S/C17H19ClN4O3/c1-10(18)17(23)22(2)7-6-15-20-16(25-21-15)14-8-11-4-5-12(24-3)9-13(11)19-14/h4-5,8-10,19H,6-7H2,1-3H3. The summed E-state index contributed by atoms with van der Waals surface area (Å²) in [6.07, 6.45) is 0.489. The number of rotatable bonds is 6. The minimum Gasteiger partial charge on any atom is -0.497 e. The summed E-state index contributed by atoms with van der Waals surface area (Å²) >= 11 is 5.80. The molecular weight excluding hydrogens is 344 g/mol. The molecule has 2 aromatic heterocycles. The largest absolute Gasteiger partial charge is 0.497 e. The van der Waals surface area contributed by atoms with E-state index in [1.54, 1.807) is 26.0 Å². The highest BCUT2D eigenvalue weighted by Gasteiger charge is 2.16. The van der Waals surface area contributed by atoms with Gasteiger partial charge in [0.25, 0.3) is 5.89 Å². The molecule has 0 fully saturated rings. The summed E-state index contributed by atoms with van der Waals surface area (Å²) in [4.78, 5) is 20.9. The van der Waals surface area contributed by atoms with Gasteiger partial charge in [0.2, 0.25) is 5.91 Å². The monoisotopic (exact) mass is 362 g/mol. The molecule has 0 aliphatic carbocycles. The van der Waals surface area contributed by atoms with Crippen LogP contribution in [0.1, 0.15) is 12.7 Å². The van der Waals surface area contributed by atoms with Crippen LogP contribution in [0, 0.1) is 0 Å². The maximum Gasteiger partial charge on any atom is 0.274 e. The third kappa shape index (κ3) is 3.76. The number of carbonyl (C=O) groups is 1. The Kier molecular flexibility index (Phi) is 4.94. The second-order valence-corrected chi connectivity index (χ2v) is 6.43. The van der Waals surface area contributed by atoms with Gasteiger partial charge in [-0.1, -0.05) is 5.16 Å². The second kappa shape index (κ2) is 7.14. The molecule has 7 nitrogen and oxygen atoms in total. The Morgan fingerprint density at radius 1 is 1.44 bits per heavy atom. The van der Waals surface area contributed by atoms with E-state index in [0.29, 0.717) is 24.7 Å². The number of hydrogen-bond donors (Lipinski definition) is 1. The lowest BCUT2D eigenvalue weighted by atomic mass is 10.2. The van der Waals surface area contributed by atoms with Crippen molar-refractivity contribution in [2.75, 3.05) is 20.7 Å². The summed E-state index contributed by atoms with van der Waals surface area (Å²) in [5.41, 5.74) is 1.66. The second-order valence-electron chi connectivity index (χ2n) is 5.78. The zero-order valence-corrected chi connectivity index (χ0v) is 15.0.